The van der Waals surface area contributed by atoms with Crippen LogP contribution in [0.15, 0.2) is 23.4 Å². The molecule has 4 nitrogen and oxygen atoms in total. The number of pyridine rings is 1. The van der Waals surface area contributed by atoms with Gasteiger partial charge < -0.3 is 0 Å². The van der Waals surface area contributed by atoms with Gasteiger partial charge >= 0.3 is 0 Å². The SMILES string of the molecule is N#Cc1cccnc1S(=O)(=O)Cl. The van der Waals surface area contributed by atoms with Crippen LogP contribution in [0.5, 0.6) is 0 Å². The molecule has 0 bridgehead atoms. The second-order valence-electron chi connectivity index (χ2n) is 1.91. The predicted octanol–water partition coefficient (Wildman–Crippen LogP) is 0.881. The molecular formula is C6H3ClN2O2S. The van der Waals surface area contributed by atoms with Crippen molar-refractivity contribution in [1.29, 1.82) is 5.26 Å². The van der Waals surface area contributed by atoms with Crippen molar-refractivity contribution in [2.45, 2.75) is 5.03 Å². The van der Waals surface area contributed by atoms with E-state index in [1.165, 1.54) is 18.3 Å². The first kappa shape index (κ1) is 8.97. The van der Waals surface area contributed by atoms with Crippen molar-refractivity contribution in [2.75, 3.05) is 0 Å². The van der Waals surface area contributed by atoms with Crippen LogP contribution in [0.1, 0.15) is 5.56 Å². The van der Waals surface area contributed by atoms with Crippen LogP contribution < -0.4 is 0 Å². The van der Waals surface area contributed by atoms with E-state index in [0.717, 1.165) is 0 Å². The summed E-state index contributed by atoms with van der Waals surface area (Å²) in [6.45, 7) is 0. The Hall–Kier alpha value is -1.12. The summed E-state index contributed by atoms with van der Waals surface area (Å²) in [5.41, 5.74) is -0.0486. The number of hydrogen-bond donors (Lipinski definition) is 0. The molecule has 0 spiro atoms. The first-order valence-corrected chi connectivity index (χ1v) is 5.16. The molecule has 1 rings (SSSR count). The molecule has 0 N–H and O–H groups in total. The number of nitrogens with zero attached hydrogens (tertiary/aromatic N) is 2. The van der Waals surface area contributed by atoms with E-state index < -0.39 is 14.1 Å². The monoisotopic (exact) mass is 202 g/mol. The van der Waals surface area contributed by atoms with E-state index in [0.29, 0.717) is 0 Å². The van der Waals surface area contributed by atoms with Gasteiger partial charge in [-0.2, -0.15) is 5.26 Å². The molecule has 6 heteroatoms. The fourth-order valence-electron chi connectivity index (χ4n) is 0.670. The molecule has 1 aromatic rings. The summed E-state index contributed by atoms with van der Waals surface area (Å²) in [5.74, 6) is 0. The van der Waals surface area contributed by atoms with E-state index in [2.05, 4.69) is 4.98 Å². The average Bonchev–Trinajstić information content (AvgIpc) is 2.03. The standard InChI is InChI=1S/C6H3ClN2O2S/c7-12(10,11)6-5(4-8)2-1-3-9-6/h1-3H. The minimum absolute atomic E-state index is 0.0486. The van der Waals surface area contributed by atoms with Crippen LogP contribution in [-0.4, -0.2) is 13.4 Å². The summed E-state index contributed by atoms with van der Waals surface area (Å²) in [7, 11) is 1.09. The van der Waals surface area contributed by atoms with Gasteiger partial charge in [-0.1, -0.05) is 0 Å². The van der Waals surface area contributed by atoms with Crippen LogP contribution in [0, 0.1) is 11.3 Å². The van der Waals surface area contributed by atoms with E-state index in [9.17, 15) is 8.42 Å². The largest absolute Gasteiger partial charge is 0.280 e. The van der Waals surface area contributed by atoms with E-state index in [1.807, 2.05) is 0 Å². The highest BCUT2D eigenvalue weighted by Crippen LogP contribution is 2.15. The van der Waals surface area contributed by atoms with Crippen molar-refractivity contribution in [3.8, 4) is 6.07 Å². The highest BCUT2D eigenvalue weighted by Gasteiger charge is 2.16. The lowest BCUT2D eigenvalue weighted by atomic mass is 10.3. The maximum Gasteiger partial charge on any atom is 0.280 e. The molecule has 0 aliphatic rings. The zero-order valence-corrected chi connectivity index (χ0v) is 7.30. The summed E-state index contributed by atoms with van der Waals surface area (Å²) >= 11 is 0. The molecule has 1 aromatic heterocycles. The minimum Gasteiger partial charge on any atom is -0.242 e. The molecule has 62 valence electrons. The summed E-state index contributed by atoms with van der Waals surface area (Å²) < 4.78 is 21.5. The maximum atomic E-state index is 10.8. The second kappa shape index (κ2) is 3.09. The van der Waals surface area contributed by atoms with Crippen LogP contribution >= 0.6 is 10.7 Å². The summed E-state index contributed by atoms with van der Waals surface area (Å²) in [6, 6.07) is 4.47. The molecule has 0 atom stereocenters. The van der Waals surface area contributed by atoms with Gasteiger partial charge in [-0.05, 0) is 12.1 Å². The topological polar surface area (TPSA) is 70.8 Å². The van der Waals surface area contributed by atoms with E-state index in [4.69, 9.17) is 15.9 Å². The molecule has 12 heavy (non-hydrogen) atoms. The first-order valence-electron chi connectivity index (χ1n) is 2.85. The molecule has 1 heterocycles. The predicted molar refractivity (Wildman–Crippen MR) is 42.0 cm³/mol. The fraction of sp³-hybridized carbons (Fsp3) is 0. The lowest BCUT2D eigenvalue weighted by molar-refractivity contribution is 0.606. The van der Waals surface area contributed by atoms with Crippen molar-refractivity contribution in [3.63, 3.8) is 0 Å². The van der Waals surface area contributed by atoms with E-state index in [1.54, 1.807) is 6.07 Å². The fourth-order valence-corrected chi connectivity index (χ4v) is 1.60. The molecular weight excluding hydrogens is 200 g/mol. The van der Waals surface area contributed by atoms with Crippen molar-refractivity contribution in [2.24, 2.45) is 0 Å². The Morgan fingerprint density at radius 1 is 1.58 bits per heavy atom. The quantitative estimate of drug-likeness (QED) is 0.634. The van der Waals surface area contributed by atoms with Gasteiger partial charge in [0, 0.05) is 16.9 Å². The van der Waals surface area contributed by atoms with Crippen molar-refractivity contribution >= 4 is 19.7 Å². The van der Waals surface area contributed by atoms with Gasteiger partial charge in [0.05, 0.1) is 5.56 Å². The van der Waals surface area contributed by atoms with Crippen LogP contribution in [0.25, 0.3) is 0 Å². The highest BCUT2D eigenvalue weighted by atomic mass is 35.7. The lowest BCUT2D eigenvalue weighted by Crippen LogP contribution is -1.97. The van der Waals surface area contributed by atoms with Gasteiger partial charge in [-0.3, -0.25) is 0 Å². The average molecular weight is 203 g/mol. The van der Waals surface area contributed by atoms with Gasteiger partial charge in [0.25, 0.3) is 9.05 Å². The molecule has 0 radical (unpaired) electrons. The molecule has 0 aromatic carbocycles. The third-order valence-electron chi connectivity index (χ3n) is 1.12. The number of halogens is 1. The second-order valence-corrected chi connectivity index (χ2v) is 4.39. The molecule has 0 aliphatic heterocycles. The zero-order valence-electron chi connectivity index (χ0n) is 5.73. The van der Waals surface area contributed by atoms with Gasteiger partial charge in [0.2, 0.25) is 0 Å². The Morgan fingerprint density at radius 2 is 2.25 bits per heavy atom. The number of rotatable bonds is 1. The Bertz CT molecular complexity index is 435. The van der Waals surface area contributed by atoms with Crippen molar-refractivity contribution in [3.05, 3.63) is 23.9 Å². The Morgan fingerprint density at radius 3 is 2.67 bits per heavy atom. The third-order valence-corrected chi connectivity index (χ3v) is 2.35. The molecule has 0 saturated heterocycles. The Kier molecular flexibility index (Phi) is 2.31. The van der Waals surface area contributed by atoms with E-state index >= 15 is 0 Å². The van der Waals surface area contributed by atoms with Crippen LogP contribution in [0.4, 0.5) is 0 Å². The minimum atomic E-state index is -3.91. The molecule has 0 unspecified atom stereocenters. The van der Waals surface area contributed by atoms with Gasteiger partial charge in [-0.25, -0.2) is 13.4 Å². The number of aromatic nitrogens is 1. The van der Waals surface area contributed by atoms with Gasteiger partial charge in [-0.15, -0.1) is 0 Å². The first-order chi connectivity index (χ1) is 5.55. The molecule has 0 fully saturated rings. The molecule has 0 aliphatic carbocycles. The number of nitriles is 1. The van der Waals surface area contributed by atoms with Crippen LogP contribution in [-0.2, 0) is 9.05 Å². The zero-order chi connectivity index (χ0) is 9.19. The summed E-state index contributed by atoms with van der Waals surface area (Å²) in [5, 5.41) is 8.07. The van der Waals surface area contributed by atoms with Crippen molar-refractivity contribution < 1.29 is 8.42 Å². The highest BCUT2D eigenvalue weighted by molar-refractivity contribution is 8.13. The summed E-state index contributed by atoms with van der Waals surface area (Å²) in [4.78, 5) is 3.48. The van der Waals surface area contributed by atoms with Gasteiger partial charge in [0.1, 0.15) is 6.07 Å². The summed E-state index contributed by atoms with van der Waals surface area (Å²) in [6.07, 6.45) is 1.26. The van der Waals surface area contributed by atoms with Crippen molar-refractivity contribution in [1.82, 2.24) is 4.98 Å². The number of hydrogen-bond acceptors (Lipinski definition) is 4. The van der Waals surface area contributed by atoms with Crippen LogP contribution in [0.2, 0.25) is 0 Å². The maximum absolute atomic E-state index is 10.8. The van der Waals surface area contributed by atoms with Gasteiger partial charge in [0.15, 0.2) is 5.03 Å². The smallest absolute Gasteiger partial charge is 0.242 e. The Balaban J connectivity index is 3.47. The lowest BCUT2D eigenvalue weighted by Gasteiger charge is -1.95. The Labute approximate surface area is 73.8 Å². The van der Waals surface area contributed by atoms with E-state index in [-0.39, 0.29) is 5.56 Å². The normalized spacial score (nSPS) is 10.7. The molecule has 0 saturated carbocycles. The van der Waals surface area contributed by atoms with Crippen LogP contribution in [0.3, 0.4) is 0 Å². The molecule has 0 amide bonds. The third kappa shape index (κ3) is 1.72.